The van der Waals surface area contributed by atoms with Gasteiger partial charge >= 0.3 is 0 Å². The van der Waals surface area contributed by atoms with Crippen molar-refractivity contribution in [2.24, 2.45) is 0 Å². The summed E-state index contributed by atoms with van der Waals surface area (Å²) in [6, 6.07) is 14.2. The number of rotatable bonds is 2. The Morgan fingerprint density at radius 2 is 1.95 bits per heavy atom. The monoisotopic (exact) mass is 282 g/mol. The maximum atomic E-state index is 13.5. The Morgan fingerprint density at radius 1 is 1.10 bits per heavy atom. The fourth-order valence-electron chi connectivity index (χ4n) is 3.52. The molecule has 1 unspecified atom stereocenters. The van der Waals surface area contributed by atoms with E-state index in [9.17, 15) is 4.39 Å². The Kier molecular flexibility index (Phi) is 3.15. The lowest BCUT2D eigenvalue weighted by atomic mass is 9.95. The second kappa shape index (κ2) is 5.15. The van der Waals surface area contributed by atoms with Gasteiger partial charge in [0.2, 0.25) is 0 Å². The van der Waals surface area contributed by atoms with Gasteiger partial charge in [0.25, 0.3) is 0 Å². The summed E-state index contributed by atoms with van der Waals surface area (Å²) in [4.78, 5) is 2.32. The number of nitrogens with zero attached hydrogens (tertiary/aromatic N) is 1. The first-order chi connectivity index (χ1) is 10.3. The molecule has 3 heteroatoms. The van der Waals surface area contributed by atoms with E-state index < -0.39 is 0 Å². The lowest BCUT2D eigenvalue weighted by Crippen LogP contribution is -2.44. The van der Waals surface area contributed by atoms with Crippen molar-refractivity contribution in [1.29, 1.82) is 0 Å². The van der Waals surface area contributed by atoms with Crippen LogP contribution in [0.3, 0.4) is 0 Å². The van der Waals surface area contributed by atoms with Crippen LogP contribution in [0.5, 0.6) is 0 Å². The number of fused-ring (bicyclic) bond motifs is 2. The molecule has 108 valence electrons. The summed E-state index contributed by atoms with van der Waals surface area (Å²) in [5.74, 6) is -0.136. The SMILES string of the molecule is Fc1ccc2c(c1)N(CC1Cc3ccccc3CN1)CC2. The van der Waals surface area contributed by atoms with E-state index >= 15 is 0 Å². The molecule has 2 aromatic carbocycles. The van der Waals surface area contributed by atoms with Crippen molar-refractivity contribution in [2.45, 2.75) is 25.4 Å². The second-order valence-corrected chi connectivity index (χ2v) is 6.02. The van der Waals surface area contributed by atoms with Crippen molar-refractivity contribution in [3.63, 3.8) is 0 Å². The molecule has 0 spiro atoms. The quantitative estimate of drug-likeness (QED) is 0.911. The molecule has 0 saturated carbocycles. The van der Waals surface area contributed by atoms with Gasteiger partial charge in [-0.3, -0.25) is 0 Å². The molecule has 0 aliphatic carbocycles. The summed E-state index contributed by atoms with van der Waals surface area (Å²) in [5, 5.41) is 3.61. The van der Waals surface area contributed by atoms with Crippen molar-refractivity contribution in [1.82, 2.24) is 5.32 Å². The highest BCUT2D eigenvalue weighted by atomic mass is 19.1. The van der Waals surface area contributed by atoms with Gasteiger partial charge in [-0.15, -0.1) is 0 Å². The first-order valence-corrected chi connectivity index (χ1v) is 7.63. The maximum Gasteiger partial charge on any atom is 0.125 e. The van der Waals surface area contributed by atoms with Gasteiger partial charge in [0.1, 0.15) is 5.82 Å². The van der Waals surface area contributed by atoms with Gasteiger partial charge in [-0.25, -0.2) is 4.39 Å². The van der Waals surface area contributed by atoms with E-state index in [0.29, 0.717) is 6.04 Å². The minimum Gasteiger partial charge on any atom is -0.369 e. The van der Waals surface area contributed by atoms with Crippen molar-refractivity contribution in [3.05, 3.63) is 65.0 Å². The highest BCUT2D eigenvalue weighted by molar-refractivity contribution is 5.58. The van der Waals surface area contributed by atoms with Crippen LogP contribution in [-0.2, 0) is 19.4 Å². The molecule has 2 heterocycles. The summed E-state index contributed by atoms with van der Waals surface area (Å²) >= 11 is 0. The lowest BCUT2D eigenvalue weighted by Gasteiger charge is -2.31. The summed E-state index contributed by atoms with van der Waals surface area (Å²) in [5.41, 5.74) is 5.20. The predicted octanol–water partition coefficient (Wildman–Crippen LogP) is 2.90. The normalized spacial score (nSPS) is 20.2. The smallest absolute Gasteiger partial charge is 0.125 e. The Bertz CT molecular complexity index is 668. The van der Waals surface area contributed by atoms with Gasteiger partial charge in [-0.2, -0.15) is 0 Å². The van der Waals surface area contributed by atoms with Crippen molar-refractivity contribution >= 4 is 5.69 Å². The van der Waals surface area contributed by atoms with Crippen LogP contribution in [0.2, 0.25) is 0 Å². The first kappa shape index (κ1) is 12.8. The highest BCUT2D eigenvalue weighted by Crippen LogP contribution is 2.29. The van der Waals surface area contributed by atoms with E-state index in [1.165, 1.54) is 16.7 Å². The zero-order chi connectivity index (χ0) is 14.2. The number of benzene rings is 2. The van der Waals surface area contributed by atoms with Gasteiger partial charge in [-0.1, -0.05) is 30.3 Å². The number of hydrogen-bond donors (Lipinski definition) is 1. The molecule has 2 aliphatic heterocycles. The molecule has 0 fully saturated rings. The highest BCUT2D eigenvalue weighted by Gasteiger charge is 2.24. The topological polar surface area (TPSA) is 15.3 Å². The van der Waals surface area contributed by atoms with Gasteiger partial charge in [0.05, 0.1) is 0 Å². The molecule has 1 N–H and O–H groups in total. The number of nitrogens with one attached hydrogen (secondary N) is 1. The van der Waals surface area contributed by atoms with Crippen LogP contribution in [0.4, 0.5) is 10.1 Å². The third kappa shape index (κ3) is 2.42. The molecule has 21 heavy (non-hydrogen) atoms. The fourth-order valence-corrected chi connectivity index (χ4v) is 3.52. The zero-order valence-corrected chi connectivity index (χ0v) is 12.0. The van der Waals surface area contributed by atoms with Crippen LogP contribution in [0.25, 0.3) is 0 Å². The minimum absolute atomic E-state index is 0.136. The second-order valence-electron chi connectivity index (χ2n) is 6.02. The standard InChI is InChI=1S/C18H19FN2/c19-16-6-5-13-7-8-21(18(13)10-16)12-17-9-14-3-1-2-4-15(14)11-20-17/h1-6,10,17,20H,7-9,11-12H2. The molecule has 0 bridgehead atoms. The fraction of sp³-hybridized carbons (Fsp3) is 0.333. The molecule has 2 nitrogen and oxygen atoms in total. The van der Waals surface area contributed by atoms with E-state index in [-0.39, 0.29) is 5.82 Å². The molecule has 2 aromatic rings. The van der Waals surface area contributed by atoms with Crippen LogP contribution in [0.1, 0.15) is 16.7 Å². The summed E-state index contributed by atoms with van der Waals surface area (Å²) < 4.78 is 13.5. The van der Waals surface area contributed by atoms with Crippen LogP contribution in [-0.4, -0.2) is 19.1 Å². The van der Waals surface area contributed by atoms with Crippen LogP contribution in [0.15, 0.2) is 42.5 Å². The molecule has 0 radical (unpaired) electrons. The van der Waals surface area contributed by atoms with E-state index in [1.54, 1.807) is 12.1 Å². The van der Waals surface area contributed by atoms with Gasteiger partial charge < -0.3 is 10.2 Å². The third-order valence-corrected chi connectivity index (χ3v) is 4.65. The van der Waals surface area contributed by atoms with E-state index in [1.807, 2.05) is 6.07 Å². The largest absolute Gasteiger partial charge is 0.369 e. The number of halogens is 1. The Balaban J connectivity index is 1.51. The van der Waals surface area contributed by atoms with Crippen LogP contribution >= 0.6 is 0 Å². The predicted molar refractivity (Wildman–Crippen MR) is 83.1 cm³/mol. The van der Waals surface area contributed by atoms with Crippen molar-refractivity contribution < 1.29 is 4.39 Å². The maximum absolute atomic E-state index is 13.5. The van der Waals surface area contributed by atoms with Crippen molar-refractivity contribution in [3.8, 4) is 0 Å². The Hall–Kier alpha value is -1.87. The van der Waals surface area contributed by atoms with Gasteiger partial charge in [0, 0.05) is 31.4 Å². The average Bonchev–Trinajstić information content (AvgIpc) is 2.89. The van der Waals surface area contributed by atoms with Crippen LogP contribution in [0, 0.1) is 5.82 Å². The van der Waals surface area contributed by atoms with E-state index in [0.717, 1.165) is 38.2 Å². The molecule has 0 aromatic heterocycles. The summed E-state index contributed by atoms with van der Waals surface area (Å²) in [6.45, 7) is 2.88. The molecule has 1 atom stereocenters. The molecular weight excluding hydrogens is 263 g/mol. The number of hydrogen-bond acceptors (Lipinski definition) is 2. The first-order valence-electron chi connectivity index (χ1n) is 7.63. The molecule has 4 rings (SSSR count). The molecule has 0 amide bonds. The molecule has 2 aliphatic rings. The van der Waals surface area contributed by atoms with Gasteiger partial charge in [0.15, 0.2) is 0 Å². The Labute approximate surface area is 124 Å². The molecule has 0 saturated heterocycles. The van der Waals surface area contributed by atoms with E-state index in [2.05, 4.69) is 34.5 Å². The van der Waals surface area contributed by atoms with Crippen molar-refractivity contribution in [2.75, 3.05) is 18.0 Å². The summed E-state index contributed by atoms with van der Waals surface area (Å²) in [6.07, 6.45) is 2.08. The molecular formula is C18H19FN2. The third-order valence-electron chi connectivity index (χ3n) is 4.65. The van der Waals surface area contributed by atoms with Gasteiger partial charge in [-0.05, 0) is 41.7 Å². The zero-order valence-electron chi connectivity index (χ0n) is 12.0. The number of anilines is 1. The van der Waals surface area contributed by atoms with Crippen LogP contribution < -0.4 is 10.2 Å². The lowest BCUT2D eigenvalue weighted by molar-refractivity contribution is 0.475. The minimum atomic E-state index is -0.136. The van der Waals surface area contributed by atoms with E-state index in [4.69, 9.17) is 0 Å². The summed E-state index contributed by atoms with van der Waals surface area (Å²) in [7, 11) is 0. The average molecular weight is 282 g/mol. The Morgan fingerprint density at radius 3 is 2.86 bits per heavy atom.